The zero-order valence-corrected chi connectivity index (χ0v) is 8.05. The van der Waals surface area contributed by atoms with Crippen molar-refractivity contribution in [2.75, 3.05) is 23.5 Å². The van der Waals surface area contributed by atoms with Crippen LogP contribution >= 0.6 is 10.0 Å². The molecule has 0 spiro atoms. The molecule has 0 saturated carbocycles. The van der Waals surface area contributed by atoms with E-state index in [1.54, 1.807) is 0 Å². The summed E-state index contributed by atoms with van der Waals surface area (Å²) in [4.78, 5) is 0. The molecule has 0 bridgehead atoms. The van der Waals surface area contributed by atoms with E-state index in [0.717, 1.165) is 0 Å². The first kappa shape index (κ1) is 9.35. The Hall–Kier alpha value is 0.350. The predicted molar refractivity (Wildman–Crippen MR) is 49.8 cm³/mol. The normalized spacial score (nSPS) is 13.8. The standard InChI is InChI=1S/C8H20S/c1-5-8-9(4,6-2)7-3/h5-8H2,1-4H3. The van der Waals surface area contributed by atoms with Crippen LogP contribution in [0.4, 0.5) is 0 Å². The van der Waals surface area contributed by atoms with Gasteiger partial charge in [-0.15, -0.1) is 0 Å². The summed E-state index contributed by atoms with van der Waals surface area (Å²) in [7, 11) is -0.165. The molecular formula is C8H20S. The lowest BCUT2D eigenvalue weighted by Crippen LogP contribution is -2.07. The van der Waals surface area contributed by atoms with Gasteiger partial charge in [-0.1, -0.05) is 20.8 Å². The van der Waals surface area contributed by atoms with E-state index in [-0.39, 0.29) is 10.0 Å². The maximum absolute atomic E-state index is 2.47. The van der Waals surface area contributed by atoms with E-state index in [1.807, 2.05) is 0 Å². The van der Waals surface area contributed by atoms with E-state index in [9.17, 15) is 0 Å². The lowest BCUT2D eigenvalue weighted by Gasteiger charge is -2.32. The van der Waals surface area contributed by atoms with E-state index in [0.29, 0.717) is 0 Å². The molecule has 0 nitrogen and oxygen atoms in total. The summed E-state index contributed by atoms with van der Waals surface area (Å²) in [5.74, 6) is 4.30. The van der Waals surface area contributed by atoms with Crippen molar-refractivity contribution in [1.29, 1.82) is 0 Å². The van der Waals surface area contributed by atoms with Crippen molar-refractivity contribution in [3.8, 4) is 0 Å². The maximum atomic E-state index is 2.47. The van der Waals surface area contributed by atoms with Crippen molar-refractivity contribution in [3.05, 3.63) is 0 Å². The summed E-state index contributed by atoms with van der Waals surface area (Å²) in [6, 6.07) is 0. The molecule has 0 rings (SSSR count). The molecule has 0 N–H and O–H groups in total. The third-order valence-corrected chi connectivity index (χ3v) is 6.27. The van der Waals surface area contributed by atoms with Crippen LogP contribution in [0.15, 0.2) is 0 Å². The first-order chi connectivity index (χ1) is 4.18. The zero-order chi connectivity index (χ0) is 7.33. The monoisotopic (exact) mass is 148 g/mol. The van der Waals surface area contributed by atoms with Crippen LogP contribution in [0.2, 0.25) is 0 Å². The van der Waals surface area contributed by atoms with Gasteiger partial charge in [-0.3, -0.25) is 0 Å². The molecule has 0 aliphatic rings. The highest BCUT2D eigenvalue weighted by Crippen LogP contribution is 2.43. The molecule has 0 unspecified atom stereocenters. The Kier molecular flexibility index (Phi) is 4.37. The van der Waals surface area contributed by atoms with Gasteiger partial charge in [0.05, 0.1) is 0 Å². The van der Waals surface area contributed by atoms with Crippen LogP contribution in [0.5, 0.6) is 0 Å². The molecule has 0 aliphatic carbocycles. The van der Waals surface area contributed by atoms with Gasteiger partial charge < -0.3 is 0 Å². The average Bonchev–Trinajstić information content (AvgIpc) is 1.89. The summed E-state index contributed by atoms with van der Waals surface area (Å²) < 4.78 is 0. The van der Waals surface area contributed by atoms with Crippen LogP contribution in [0.3, 0.4) is 0 Å². The van der Waals surface area contributed by atoms with Gasteiger partial charge in [-0.05, 0) is 29.9 Å². The number of hydrogen-bond acceptors (Lipinski definition) is 0. The first-order valence-electron chi connectivity index (χ1n) is 3.90. The molecule has 0 aliphatic heterocycles. The fraction of sp³-hybridized carbons (Fsp3) is 1.00. The largest absolute Gasteiger partial charge is 0.244 e. The molecule has 0 heterocycles. The van der Waals surface area contributed by atoms with Gasteiger partial charge in [0, 0.05) is 0 Å². The lowest BCUT2D eigenvalue weighted by molar-refractivity contribution is 1.09. The molecule has 0 fully saturated rings. The highest BCUT2D eigenvalue weighted by Gasteiger charge is 2.10. The van der Waals surface area contributed by atoms with Gasteiger partial charge in [0.25, 0.3) is 0 Å². The second kappa shape index (κ2) is 4.21. The van der Waals surface area contributed by atoms with Gasteiger partial charge in [0.2, 0.25) is 0 Å². The van der Waals surface area contributed by atoms with Crippen LogP contribution < -0.4 is 0 Å². The first-order valence-corrected chi connectivity index (χ1v) is 6.44. The molecule has 0 aromatic carbocycles. The van der Waals surface area contributed by atoms with Gasteiger partial charge in [0.1, 0.15) is 0 Å². The Labute approximate surface area is 61.4 Å². The van der Waals surface area contributed by atoms with Crippen molar-refractivity contribution in [3.63, 3.8) is 0 Å². The molecule has 1 heteroatoms. The van der Waals surface area contributed by atoms with Crippen LogP contribution in [-0.2, 0) is 0 Å². The third kappa shape index (κ3) is 3.14. The van der Waals surface area contributed by atoms with E-state index in [4.69, 9.17) is 0 Å². The summed E-state index contributed by atoms with van der Waals surface area (Å²) in [6.45, 7) is 6.94. The minimum absolute atomic E-state index is 0.165. The van der Waals surface area contributed by atoms with Crippen molar-refractivity contribution < 1.29 is 0 Å². The second-order valence-corrected chi connectivity index (χ2v) is 7.28. The van der Waals surface area contributed by atoms with E-state index in [2.05, 4.69) is 27.0 Å². The van der Waals surface area contributed by atoms with Crippen molar-refractivity contribution in [1.82, 2.24) is 0 Å². The Morgan fingerprint density at radius 1 is 1.00 bits per heavy atom. The highest BCUT2D eigenvalue weighted by atomic mass is 32.3. The Morgan fingerprint density at radius 2 is 1.44 bits per heavy atom. The van der Waals surface area contributed by atoms with Gasteiger partial charge in [0.15, 0.2) is 0 Å². The summed E-state index contributed by atoms with van der Waals surface area (Å²) in [5, 5.41) is 0. The molecule has 9 heavy (non-hydrogen) atoms. The quantitative estimate of drug-likeness (QED) is 0.575. The second-order valence-electron chi connectivity index (χ2n) is 2.76. The molecule has 0 saturated heterocycles. The zero-order valence-electron chi connectivity index (χ0n) is 7.24. The molecule has 0 aromatic heterocycles. The van der Waals surface area contributed by atoms with Crippen molar-refractivity contribution in [2.24, 2.45) is 0 Å². The lowest BCUT2D eigenvalue weighted by atomic mass is 10.6. The Bertz CT molecular complexity index is 65.0. The van der Waals surface area contributed by atoms with Gasteiger partial charge >= 0.3 is 0 Å². The molecule has 58 valence electrons. The smallest absolute Gasteiger partial charge is 0.0233 e. The van der Waals surface area contributed by atoms with Crippen LogP contribution in [0, 0.1) is 0 Å². The molecule has 0 aromatic rings. The Balaban J connectivity index is 3.62. The molecule has 0 atom stereocenters. The van der Waals surface area contributed by atoms with Crippen LogP contribution in [-0.4, -0.2) is 23.5 Å². The summed E-state index contributed by atoms with van der Waals surface area (Å²) in [6.07, 6.45) is 3.84. The van der Waals surface area contributed by atoms with Crippen LogP contribution in [0.25, 0.3) is 0 Å². The average molecular weight is 148 g/mol. The number of rotatable bonds is 4. The SMILES string of the molecule is CCCS(C)(CC)CC. The van der Waals surface area contributed by atoms with Crippen LogP contribution in [0.1, 0.15) is 27.2 Å². The topological polar surface area (TPSA) is 0 Å². The molecule has 0 amide bonds. The minimum Gasteiger partial charge on any atom is -0.244 e. The fourth-order valence-corrected chi connectivity index (χ4v) is 2.96. The highest BCUT2D eigenvalue weighted by molar-refractivity contribution is 8.33. The maximum Gasteiger partial charge on any atom is -0.0233 e. The van der Waals surface area contributed by atoms with Gasteiger partial charge in [-0.25, -0.2) is 10.0 Å². The molecule has 0 radical (unpaired) electrons. The van der Waals surface area contributed by atoms with E-state index in [1.165, 1.54) is 23.7 Å². The predicted octanol–water partition coefficient (Wildman–Crippen LogP) is 2.87. The third-order valence-electron chi connectivity index (χ3n) is 2.09. The Morgan fingerprint density at radius 3 is 1.56 bits per heavy atom. The minimum atomic E-state index is -0.165. The summed E-state index contributed by atoms with van der Waals surface area (Å²) in [5.41, 5.74) is 0. The van der Waals surface area contributed by atoms with Crippen molar-refractivity contribution >= 4 is 10.0 Å². The molecular weight excluding hydrogens is 128 g/mol. The summed E-state index contributed by atoms with van der Waals surface area (Å²) >= 11 is 0. The van der Waals surface area contributed by atoms with Gasteiger partial charge in [-0.2, -0.15) is 0 Å². The van der Waals surface area contributed by atoms with E-state index >= 15 is 0 Å². The fourth-order valence-electron chi connectivity index (χ4n) is 0.986. The van der Waals surface area contributed by atoms with Crippen molar-refractivity contribution in [2.45, 2.75) is 27.2 Å². The number of hydrogen-bond donors (Lipinski definition) is 0. The van der Waals surface area contributed by atoms with E-state index < -0.39 is 0 Å².